The predicted octanol–water partition coefficient (Wildman–Crippen LogP) is 4.92. The Hall–Kier alpha value is -2.39. The van der Waals surface area contributed by atoms with Crippen molar-refractivity contribution in [2.24, 2.45) is 0 Å². The van der Waals surface area contributed by atoms with Crippen molar-refractivity contribution in [3.63, 3.8) is 0 Å². The molecule has 9 heteroatoms. The molecule has 0 bridgehead atoms. The Morgan fingerprint density at radius 1 is 1.12 bits per heavy atom. The Balaban J connectivity index is 1.43. The van der Waals surface area contributed by atoms with Gasteiger partial charge in [0.1, 0.15) is 5.82 Å². The molecule has 0 unspecified atom stereocenters. The second-order valence-electron chi connectivity index (χ2n) is 7.81. The number of hydrogen-bond donors (Lipinski definition) is 1. The number of nitrogens with zero attached hydrogens (tertiary/aromatic N) is 1. The monoisotopic (exact) mass is 468 g/mol. The van der Waals surface area contributed by atoms with Crippen LogP contribution in [0.3, 0.4) is 0 Å². The molecule has 0 radical (unpaired) electrons. The number of hydrogen-bond acceptors (Lipinski definition) is 4. The molecule has 1 N–H and O–H groups in total. The summed E-state index contributed by atoms with van der Waals surface area (Å²) in [5.41, 5.74) is 0.242. The van der Waals surface area contributed by atoms with Crippen LogP contribution in [0, 0.1) is 5.82 Å². The van der Waals surface area contributed by atoms with E-state index < -0.39 is 17.6 Å². The Morgan fingerprint density at radius 2 is 1.84 bits per heavy atom. The second-order valence-corrected chi connectivity index (χ2v) is 8.82. The number of halogens is 4. The molecular weight excluding hydrogens is 444 g/mol. The number of carbonyl (C=O) groups is 2. The van der Waals surface area contributed by atoms with Crippen molar-refractivity contribution < 1.29 is 27.2 Å². The van der Waals surface area contributed by atoms with Crippen LogP contribution in [0.5, 0.6) is 0 Å². The number of ketones is 1. The summed E-state index contributed by atoms with van der Waals surface area (Å²) in [6.45, 7) is 3.11. The van der Waals surface area contributed by atoms with Crippen molar-refractivity contribution in [2.75, 3.05) is 18.8 Å². The molecule has 0 atom stereocenters. The third kappa shape index (κ3) is 6.80. The molecule has 2 aromatic carbocycles. The summed E-state index contributed by atoms with van der Waals surface area (Å²) in [5, 5.41) is 2.94. The number of alkyl halides is 3. The Morgan fingerprint density at radius 3 is 2.47 bits per heavy atom. The number of amides is 1. The maximum atomic E-state index is 14.1. The van der Waals surface area contributed by atoms with Crippen molar-refractivity contribution >= 4 is 23.5 Å². The van der Waals surface area contributed by atoms with Gasteiger partial charge in [-0.1, -0.05) is 24.3 Å². The van der Waals surface area contributed by atoms with E-state index >= 15 is 0 Å². The van der Waals surface area contributed by atoms with Gasteiger partial charge in [0.05, 0.1) is 11.3 Å². The van der Waals surface area contributed by atoms with Crippen molar-refractivity contribution in [3.05, 3.63) is 65.0 Å². The highest BCUT2D eigenvalue weighted by atomic mass is 32.2. The molecular formula is C23H24F4N2O2S. The molecule has 2 aromatic rings. The van der Waals surface area contributed by atoms with Gasteiger partial charge in [0, 0.05) is 36.1 Å². The van der Waals surface area contributed by atoms with E-state index in [0.717, 1.165) is 17.8 Å². The lowest BCUT2D eigenvalue weighted by Gasteiger charge is -2.32. The summed E-state index contributed by atoms with van der Waals surface area (Å²) < 4.78 is 52.7. The maximum absolute atomic E-state index is 14.1. The number of thioether (sulfide) groups is 1. The first-order valence-corrected chi connectivity index (χ1v) is 11.2. The minimum absolute atomic E-state index is 0.0224. The Labute approximate surface area is 188 Å². The maximum Gasteiger partial charge on any atom is 0.416 e. The fraction of sp³-hybridized carbons (Fsp3) is 0.391. The van der Waals surface area contributed by atoms with Crippen LogP contribution in [-0.4, -0.2) is 41.5 Å². The number of nitrogens with one attached hydrogen (secondary N) is 1. The van der Waals surface area contributed by atoms with Crippen molar-refractivity contribution in [2.45, 2.75) is 43.4 Å². The van der Waals surface area contributed by atoms with E-state index in [9.17, 15) is 27.2 Å². The molecule has 1 saturated heterocycles. The van der Waals surface area contributed by atoms with E-state index in [1.54, 1.807) is 6.07 Å². The summed E-state index contributed by atoms with van der Waals surface area (Å²) >= 11 is 1.07. The molecule has 3 rings (SSSR count). The standard InChI is InChI=1S/C23H24F4N2O2S/c1-15(30)17-5-6-21(20(24)12-17)32-14-22(31)28-19-7-9-29(10-8-19)13-16-3-2-4-18(11-16)23(25,26)27/h2-6,11-12,19H,7-10,13-14H2,1H3,(H,28,31). The van der Waals surface area contributed by atoms with Gasteiger partial charge in [-0.15, -0.1) is 11.8 Å². The number of piperidine rings is 1. The molecule has 1 aliphatic heterocycles. The van der Waals surface area contributed by atoms with Crippen LogP contribution in [-0.2, 0) is 17.5 Å². The summed E-state index contributed by atoms with van der Waals surface area (Å²) in [7, 11) is 0. The molecule has 1 fully saturated rings. The van der Waals surface area contributed by atoms with Crippen LogP contribution in [0.15, 0.2) is 47.4 Å². The zero-order chi connectivity index (χ0) is 23.3. The highest BCUT2D eigenvalue weighted by Gasteiger charge is 2.30. The van der Waals surface area contributed by atoms with Crippen LogP contribution in [0.4, 0.5) is 17.6 Å². The molecule has 0 saturated carbocycles. The normalized spacial score (nSPS) is 15.5. The van der Waals surface area contributed by atoms with E-state index in [1.807, 2.05) is 0 Å². The van der Waals surface area contributed by atoms with Crippen molar-refractivity contribution in [1.82, 2.24) is 10.2 Å². The molecule has 1 heterocycles. The first-order valence-electron chi connectivity index (χ1n) is 10.2. The van der Waals surface area contributed by atoms with E-state index in [4.69, 9.17) is 0 Å². The minimum atomic E-state index is -4.36. The van der Waals surface area contributed by atoms with Crippen LogP contribution in [0.25, 0.3) is 0 Å². The van der Waals surface area contributed by atoms with E-state index in [1.165, 1.54) is 37.3 Å². The minimum Gasteiger partial charge on any atom is -0.353 e. The summed E-state index contributed by atoms with van der Waals surface area (Å²) in [6, 6.07) is 9.51. The van der Waals surface area contributed by atoms with Crippen molar-refractivity contribution in [1.29, 1.82) is 0 Å². The zero-order valence-corrected chi connectivity index (χ0v) is 18.4. The van der Waals surface area contributed by atoms with Crippen LogP contribution in [0.2, 0.25) is 0 Å². The van der Waals surface area contributed by atoms with Gasteiger partial charge in [-0.3, -0.25) is 14.5 Å². The zero-order valence-electron chi connectivity index (χ0n) is 17.5. The molecule has 0 aromatic heterocycles. The van der Waals surface area contributed by atoms with Gasteiger partial charge in [0.25, 0.3) is 0 Å². The quantitative estimate of drug-likeness (QED) is 0.356. The fourth-order valence-electron chi connectivity index (χ4n) is 3.59. The van der Waals surface area contributed by atoms with E-state index in [-0.39, 0.29) is 29.0 Å². The van der Waals surface area contributed by atoms with Gasteiger partial charge in [-0.05, 0) is 43.5 Å². The molecule has 32 heavy (non-hydrogen) atoms. The number of likely N-dealkylation sites (tertiary alicyclic amines) is 1. The van der Waals surface area contributed by atoms with Crippen molar-refractivity contribution in [3.8, 4) is 0 Å². The summed E-state index contributed by atoms with van der Waals surface area (Å²) in [5.74, 6) is -0.904. The first kappa shape index (κ1) is 24.3. The third-order valence-electron chi connectivity index (χ3n) is 5.31. The van der Waals surface area contributed by atoms with Gasteiger partial charge in [-0.25, -0.2) is 4.39 Å². The van der Waals surface area contributed by atoms with Gasteiger partial charge >= 0.3 is 6.18 Å². The smallest absolute Gasteiger partial charge is 0.353 e. The van der Waals surface area contributed by atoms with E-state index in [2.05, 4.69) is 10.2 Å². The molecule has 0 spiro atoms. The molecule has 172 valence electrons. The first-order chi connectivity index (χ1) is 15.1. The Kier molecular flexibility index (Phi) is 7.95. The fourth-order valence-corrected chi connectivity index (χ4v) is 4.32. The van der Waals surface area contributed by atoms with Gasteiger partial charge < -0.3 is 5.32 Å². The molecule has 0 aliphatic carbocycles. The highest BCUT2D eigenvalue weighted by Crippen LogP contribution is 2.30. The number of Topliss-reactive ketones (excluding diaryl/α,β-unsaturated/α-hetero) is 1. The van der Waals surface area contributed by atoms with Crippen LogP contribution in [0.1, 0.15) is 41.3 Å². The van der Waals surface area contributed by atoms with Gasteiger partial charge in [-0.2, -0.15) is 13.2 Å². The molecule has 4 nitrogen and oxygen atoms in total. The number of rotatable bonds is 7. The van der Waals surface area contributed by atoms with Gasteiger partial charge in [0.15, 0.2) is 5.78 Å². The average Bonchev–Trinajstić information content (AvgIpc) is 2.74. The predicted molar refractivity (Wildman–Crippen MR) is 115 cm³/mol. The SMILES string of the molecule is CC(=O)c1ccc(SCC(=O)NC2CCN(Cc3cccc(C(F)(F)F)c3)CC2)c(F)c1. The second kappa shape index (κ2) is 10.5. The molecule has 1 amide bonds. The molecule has 1 aliphatic rings. The van der Waals surface area contributed by atoms with Crippen LogP contribution < -0.4 is 5.32 Å². The number of benzene rings is 2. The summed E-state index contributed by atoms with van der Waals surface area (Å²) in [6.07, 6.45) is -2.97. The third-order valence-corrected chi connectivity index (χ3v) is 6.36. The lowest BCUT2D eigenvalue weighted by molar-refractivity contribution is -0.137. The largest absolute Gasteiger partial charge is 0.416 e. The highest BCUT2D eigenvalue weighted by molar-refractivity contribution is 8.00. The summed E-state index contributed by atoms with van der Waals surface area (Å²) in [4.78, 5) is 25.9. The lowest BCUT2D eigenvalue weighted by atomic mass is 10.0. The average molecular weight is 469 g/mol. The topological polar surface area (TPSA) is 49.4 Å². The van der Waals surface area contributed by atoms with Crippen LogP contribution >= 0.6 is 11.8 Å². The van der Waals surface area contributed by atoms with Gasteiger partial charge in [0.2, 0.25) is 5.91 Å². The van der Waals surface area contributed by atoms with E-state index in [0.29, 0.717) is 42.9 Å². The Bertz CT molecular complexity index is 973. The lowest BCUT2D eigenvalue weighted by Crippen LogP contribution is -2.44. The number of carbonyl (C=O) groups excluding carboxylic acids is 2.